The Morgan fingerprint density at radius 1 is 1.19 bits per heavy atom. The molecule has 1 N–H and O–H groups in total. The Morgan fingerprint density at radius 3 is 2.35 bits per heavy atom. The maximum atomic E-state index is 12.9. The Kier molecular flexibility index (Phi) is 4.90. The topological polar surface area (TPSA) is 67.5 Å². The van der Waals surface area contributed by atoms with Crippen LogP contribution in [0, 0.1) is 6.92 Å². The van der Waals surface area contributed by atoms with Crippen molar-refractivity contribution in [2.45, 2.75) is 45.4 Å². The number of carbonyl (C=O) groups is 1. The first-order valence-corrected chi connectivity index (χ1v) is 8.79. The van der Waals surface area contributed by atoms with Gasteiger partial charge in [0.15, 0.2) is 12.0 Å². The van der Waals surface area contributed by atoms with Crippen LogP contribution in [0.2, 0.25) is 0 Å². The molecule has 0 fully saturated rings. The van der Waals surface area contributed by atoms with Gasteiger partial charge in [0.25, 0.3) is 5.91 Å². The SMILES string of the molecule is COC(CN1C(=O)c2n[nH]c(C)c2C1c1ccc(C(C)(C)C)cc1)OC. The van der Waals surface area contributed by atoms with E-state index in [-0.39, 0.29) is 17.4 Å². The van der Waals surface area contributed by atoms with Crippen LogP contribution >= 0.6 is 0 Å². The molecular formula is C20H27N3O3. The van der Waals surface area contributed by atoms with Crippen LogP contribution in [-0.4, -0.2) is 48.1 Å². The van der Waals surface area contributed by atoms with Gasteiger partial charge in [-0.25, -0.2) is 0 Å². The molecule has 1 aliphatic rings. The summed E-state index contributed by atoms with van der Waals surface area (Å²) in [5.41, 5.74) is 4.72. The number of fused-ring (bicyclic) bond motifs is 1. The van der Waals surface area contributed by atoms with Crippen molar-refractivity contribution in [3.05, 3.63) is 52.3 Å². The van der Waals surface area contributed by atoms with Gasteiger partial charge >= 0.3 is 0 Å². The lowest BCUT2D eigenvalue weighted by Crippen LogP contribution is -2.38. The molecule has 0 aliphatic carbocycles. The van der Waals surface area contributed by atoms with E-state index >= 15 is 0 Å². The zero-order valence-corrected chi connectivity index (χ0v) is 16.3. The summed E-state index contributed by atoms with van der Waals surface area (Å²) in [7, 11) is 3.15. The number of nitrogens with zero attached hydrogens (tertiary/aromatic N) is 2. The fourth-order valence-electron chi connectivity index (χ4n) is 3.45. The predicted molar refractivity (Wildman–Crippen MR) is 99.2 cm³/mol. The van der Waals surface area contributed by atoms with Gasteiger partial charge in [0.1, 0.15) is 0 Å². The molecule has 26 heavy (non-hydrogen) atoms. The molecule has 1 aromatic carbocycles. The maximum absolute atomic E-state index is 12.9. The fraction of sp³-hybridized carbons (Fsp3) is 0.500. The smallest absolute Gasteiger partial charge is 0.275 e. The molecule has 1 aromatic heterocycles. The highest BCUT2D eigenvalue weighted by molar-refractivity contribution is 5.98. The number of aromatic nitrogens is 2. The number of amides is 1. The predicted octanol–water partition coefficient (Wildman–Crippen LogP) is 3.18. The molecule has 0 radical (unpaired) electrons. The van der Waals surface area contributed by atoms with E-state index in [0.29, 0.717) is 12.2 Å². The van der Waals surface area contributed by atoms with E-state index in [4.69, 9.17) is 9.47 Å². The second-order valence-corrected chi connectivity index (χ2v) is 7.74. The summed E-state index contributed by atoms with van der Waals surface area (Å²) in [6, 6.07) is 8.27. The van der Waals surface area contributed by atoms with Crippen LogP contribution in [0.25, 0.3) is 0 Å². The molecular weight excluding hydrogens is 330 g/mol. The molecule has 2 heterocycles. The van der Waals surface area contributed by atoms with Crippen molar-refractivity contribution in [1.29, 1.82) is 0 Å². The number of hydrogen-bond acceptors (Lipinski definition) is 4. The fourth-order valence-corrected chi connectivity index (χ4v) is 3.45. The van der Waals surface area contributed by atoms with Crippen LogP contribution in [0.1, 0.15) is 59.7 Å². The van der Waals surface area contributed by atoms with E-state index in [1.54, 1.807) is 19.1 Å². The lowest BCUT2D eigenvalue weighted by atomic mass is 9.86. The first-order valence-electron chi connectivity index (χ1n) is 8.79. The maximum Gasteiger partial charge on any atom is 0.275 e. The minimum Gasteiger partial charge on any atom is -0.354 e. The normalized spacial score (nSPS) is 17.3. The molecule has 0 bridgehead atoms. The van der Waals surface area contributed by atoms with Crippen molar-refractivity contribution in [2.75, 3.05) is 20.8 Å². The number of methoxy groups -OCH3 is 2. The Morgan fingerprint density at radius 2 is 1.81 bits per heavy atom. The largest absolute Gasteiger partial charge is 0.354 e. The van der Waals surface area contributed by atoms with Gasteiger partial charge in [-0.1, -0.05) is 45.0 Å². The molecule has 1 atom stereocenters. The van der Waals surface area contributed by atoms with Gasteiger partial charge in [-0.2, -0.15) is 5.10 Å². The van der Waals surface area contributed by atoms with Crippen molar-refractivity contribution in [2.24, 2.45) is 0 Å². The van der Waals surface area contributed by atoms with E-state index in [1.807, 2.05) is 6.92 Å². The van der Waals surface area contributed by atoms with E-state index in [9.17, 15) is 4.79 Å². The van der Waals surface area contributed by atoms with Gasteiger partial charge in [0, 0.05) is 25.5 Å². The van der Waals surface area contributed by atoms with E-state index in [1.165, 1.54) is 5.56 Å². The number of benzene rings is 1. The zero-order valence-electron chi connectivity index (χ0n) is 16.3. The van der Waals surface area contributed by atoms with Gasteiger partial charge in [-0.3, -0.25) is 9.89 Å². The van der Waals surface area contributed by atoms with Gasteiger partial charge in [0.2, 0.25) is 0 Å². The number of H-pyrrole nitrogens is 1. The quantitative estimate of drug-likeness (QED) is 0.835. The van der Waals surface area contributed by atoms with Gasteiger partial charge in [-0.05, 0) is 23.5 Å². The van der Waals surface area contributed by atoms with Crippen LogP contribution in [0.5, 0.6) is 0 Å². The van der Waals surface area contributed by atoms with Crippen LogP contribution in [0.3, 0.4) is 0 Å². The highest BCUT2D eigenvalue weighted by atomic mass is 16.7. The average Bonchev–Trinajstić information content (AvgIpc) is 3.11. The third kappa shape index (κ3) is 3.15. The lowest BCUT2D eigenvalue weighted by molar-refractivity contribution is -0.113. The first-order chi connectivity index (χ1) is 12.3. The standard InChI is InChI=1S/C20H27N3O3/c1-12-16-17(22-21-12)19(24)23(11-15(25-5)26-6)18(16)13-7-9-14(10-8-13)20(2,3)4/h7-10,15,18H,11H2,1-6H3,(H,21,22). The summed E-state index contributed by atoms with van der Waals surface area (Å²) in [6.45, 7) is 8.85. The summed E-state index contributed by atoms with van der Waals surface area (Å²) in [4.78, 5) is 14.7. The molecule has 0 spiro atoms. The van der Waals surface area contributed by atoms with Crippen molar-refractivity contribution in [3.8, 4) is 0 Å². The Labute approximate surface area is 154 Å². The van der Waals surface area contributed by atoms with Crippen molar-refractivity contribution in [3.63, 3.8) is 0 Å². The third-order valence-corrected chi connectivity index (χ3v) is 5.01. The number of hydrogen-bond donors (Lipinski definition) is 1. The monoisotopic (exact) mass is 357 g/mol. The van der Waals surface area contributed by atoms with Crippen LogP contribution < -0.4 is 0 Å². The second kappa shape index (κ2) is 6.85. The first kappa shape index (κ1) is 18.6. The molecule has 0 saturated heterocycles. The summed E-state index contributed by atoms with van der Waals surface area (Å²) >= 11 is 0. The number of ether oxygens (including phenoxy) is 2. The molecule has 6 nitrogen and oxygen atoms in total. The van der Waals surface area contributed by atoms with Gasteiger partial charge in [0.05, 0.1) is 12.6 Å². The Hall–Kier alpha value is -2.18. The van der Waals surface area contributed by atoms with Crippen molar-refractivity contribution < 1.29 is 14.3 Å². The lowest BCUT2D eigenvalue weighted by Gasteiger charge is -2.29. The minimum atomic E-state index is -0.483. The van der Waals surface area contributed by atoms with Crippen LogP contribution in [0.15, 0.2) is 24.3 Å². The number of nitrogens with one attached hydrogen (secondary N) is 1. The summed E-state index contributed by atoms with van der Waals surface area (Å²) in [5, 5.41) is 7.17. The zero-order chi connectivity index (χ0) is 19.1. The van der Waals surface area contributed by atoms with Crippen LogP contribution in [0.4, 0.5) is 0 Å². The molecule has 1 aliphatic heterocycles. The van der Waals surface area contributed by atoms with E-state index < -0.39 is 6.29 Å². The molecule has 6 heteroatoms. The molecule has 1 amide bonds. The Balaban J connectivity index is 2.02. The Bertz CT molecular complexity index is 786. The van der Waals surface area contributed by atoms with E-state index in [2.05, 4.69) is 55.2 Å². The summed E-state index contributed by atoms with van der Waals surface area (Å²) < 4.78 is 10.6. The molecule has 1 unspecified atom stereocenters. The number of aromatic amines is 1. The number of rotatable bonds is 5. The molecule has 0 saturated carbocycles. The highest BCUT2D eigenvalue weighted by Crippen LogP contribution is 2.40. The average molecular weight is 357 g/mol. The minimum absolute atomic E-state index is 0.0810. The summed E-state index contributed by atoms with van der Waals surface area (Å²) in [5.74, 6) is -0.103. The van der Waals surface area contributed by atoms with Crippen molar-refractivity contribution in [1.82, 2.24) is 15.1 Å². The van der Waals surface area contributed by atoms with Crippen LogP contribution in [-0.2, 0) is 14.9 Å². The van der Waals surface area contributed by atoms with E-state index in [0.717, 1.165) is 16.8 Å². The number of aryl methyl sites for hydroxylation is 1. The molecule has 140 valence electrons. The summed E-state index contributed by atoms with van der Waals surface area (Å²) in [6.07, 6.45) is -0.483. The number of carbonyl (C=O) groups excluding carboxylic acids is 1. The van der Waals surface area contributed by atoms with Gasteiger partial charge < -0.3 is 14.4 Å². The third-order valence-electron chi connectivity index (χ3n) is 5.01. The molecule has 3 rings (SSSR count). The van der Waals surface area contributed by atoms with Crippen molar-refractivity contribution >= 4 is 5.91 Å². The second-order valence-electron chi connectivity index (χ2n) is 7.74. The molecule has 2 aromatic rings. The highest BCUT2D eigenvalue weighted by Gasteiger charge is 2.42. The van der Waals surface area contributed by atoms with Gasteiger partial charge in [-0.15, -0.1) is 0 Å².